The van der Waals surface area contributed by atoms with Crippen molar-refractivity contribution in [3.05, 3.63) is 0 Å². The Morgan fingerprint density at radius 1 is 1.12 bits per heavy atom. The molecular formula is C5H15AuOSi. The second-order valence-electron chi connectivity index (χ2n) is 2.72. The molecule has 0 radical (unpaired) electrons. The van der Waals surface area contributed by atoms with E-state index in [0.29, 0.717) is 0 Å². The summed E-state index contributed by atoms with van der Waals surface area (Å²) in [5.74, 6) is 0. The third-order valence-corrected chi connectivity index (χ3v) is 7.56. The molecule has 0 unspecified atom stereocenters. The summed E-state index contributed by atoms with van der Waals surface area (Å²) < 4.78 is 5.72. The molecule has 0 heterocycles. The molecule has 0 bridgehead atoms. The summed E-state index contributed by atoms with van der Waals surface area (Å²) >= 11 is -0.810. The summed E-state index contributed by atoms with van der Waals surface area (Å²) in [6, 6.07) is 0. The molecule has 3 heteroatoms. The van der Waals surface area contributed by atoms with Crippen molar-refractivity contribution in [2.45, 2.75) is 29.9 Å². The van der Waals surface area contributed by atoms with Gasteiger partial charge in [-0.25, -0.2) is 0 Å². The van der Waals surface area contributed by atoms with Gasteiger partial charge in [-0.1, -0.05) is 0 Å². The van der Waals surface area contributed by atoms with E-state index in [0.717, 1.165) is 0 Å². The van der Waals surface area contributed by atoms with Gasteiger partial charge in [0.25, 0.3) is 0 Å². The van der Waals surface area contributed by atoms with Crippen molar-refractivity contribution in [2.75, 3.05) is 0 Å². The average Bonchev–Trinajstić information content (AvgIpc) is 1.21. The molecule has 0 aromatic heterocycles. The molecule has 0 aromatic rings. The minimum atomic E-state index is -1.15. The van der Waals surface area contributed by atoms with Gasteiger partial charge in [0.1, 0.15) is 0 Å². The van der Waals surface area contributed by atoms with Crippen molar-refractivity contribution in [3.63, 3.8) is 0 Å². The predicted octanol–water partition coefficient (Wildman–Crippen LogP) is 2.47. The van der Waals surface area contributed by atoms with Crippen LogP contribution >= 0.6 is 0 Å². The van der Waals surface area contributed by atoms with E-state index in [1.165, 1.54) is 0 Å². The van der Waals surface area contributed by atoms with Gasteiger partial charge in [-0.15, -0.1) is 0 Å². The van der Waals surface area contributed by atoms with Crippen molar-refractivity contribution >= 4 is 8.32 Å². The second kappa shape index (κ2) is 3.18. The summed E-state index contributed by atoms with van der Waals surface area (Å²) in [4.78, 5) is 0. The fraction of sp³-hybridized carbons (Fsp3) is 1.00. The normalized spacial score (nSPS) is 13.9. The first-order chi connectivity index (χ1) is 3.42. The van der Waals surface area contributed by atoms with Crippen LogP contribution in [0.1, 0.15) is 0 Å². The van der Waals surface area contributed by atoms with E-state index in [-0.39, 0.29) is 0 Å². The maximum absolute atomic E-state index is 5.72. The van der Waals surface area contributed by atoms with Crippen molar-refractivity contribution in [1.29, 1.82) is 0 Å². The molecule has 0 rings (SSSR count). The Labute approximate surface area is 60.2 Å². The van der Waals surface area contributed by atoms with E-state index < -0.39 is 27.2 Å². The van der Waals surface area contributed by atoms with Gasteiger partial charge in [0.15, 0.2) is 0 Å². The standard InChI is InChI=1S/C3H9OSi.2CH3.Au/c1-5(2,3)4;;;/h1-3H3;2*1H3;/q-1;;;+1. The molecule has 0 amide bonds. The van der Waals surface area contributed by atoms with Gasteiger partial charge in [-0.3, -0.25) is 0 Å². The quantitative estimate of drug-likeness (QED) is 0.711. The van der Waals surface area contributed by atoms with Gasteiger partial charge >= 0.3 is 60.0 Å². The van der Waals surface area contributed by atoms with Crippen LogP contribution in [0.2, 0.25) is 29.9 Å². The summed E-state index contributed by atoms with van der Waals surface area (Å²) in [6.45, 7) is 6.72. The van der Waals surface area contributed by atoms with Crippen LogP contribution in [-0.4, -0.2) is 8.32 Å². The predicted molar refractivity (Wildman–Crippen MR) is 36.2 cm³/mol. The number of rotatable bonds is 2. The molecule has 0 fully saturated rings. The molecule has 0 N–H and O–H groups in total. The SMILES string of the molecule is [CH3][Au]([CH3])[O][Si](C)(C)C. The molecule has 0 aliphatic rings. The molecule has 0 atom stereocenters. The van der Waals surface area contributed by atoms with Crippen molar-refractivity contribution in [1.82, 2.24) is 0 Å². The van der Waals surface area contributed by atoms with Crippen LogP contribution in [-0.2, 0) is 21.8 Å². The van der Waals surface area contributed by atoms with Crippen LogP contribution in [0, 0.1) is 0 Å². The van der Waals surface area contributed by atoms with Crippen molar-refractivity contribution in [3.8, 4) is 0 Å². The summed E-state index contributed by atoms with van der Waals surface area (Å²) in [5.41, 5.74) is 0. The molecule has 1 nitrogen and oxygen atoms in total. The Balaban J connectivity index is 3.39. The molecular weight excluding hydrogens is 301 g/mol. The Morgan fingerprint density at radius 2 is 1.50 bits per heavy atom. The van der Waals surface area contributed by atoms with Crippen LogP contribution in [0.15, 0.2) is 0 Å². The molecule has 0 aliphatic carbocycles. The zero-order valence-electron chi connectivity index (χ0n) is 6.21. The summed E-state index contributed by atoms with van der Waals surface area (Å²) in [5, 5.41) is 4.46. The van der Waals surface area contributed by atoms with Crippen LogP contribution in [0.25, 0.3) is 0 Å². The van der Waals surface area contributed by atoms with Gasteiger partial charge in [0.2, 0.25) is 0 Å². The minimum absolute atomic E-state index is 0.810. The number of hydrogen-bond donors (Lipinski definition) is 0. The maximum atomic E-state index is 5.72. The van der Waals surface area contributed by atoms with E-state index in [9.17, 15) is 0 Å². The van der Waals surface area contributed by atoms with Gasteiger partial charge in [-0.05, 0) is 0 Å². The van der Waals surface area contributed by atoms with Crippen molar-refractivity contribution in [2.24, 2.45) is 0 Å². The third kappa shape index (κ3) is 6.92. The Bertz CT molecular complexity index is 67.3. The molecule has 0 aliphatic heterocycles. The molecule has 0 saturated carbocycles. The van der Waals surface area contributed by atoms with Crippen LogP contribution in [0.4, 0.5) is 0 Å². The molecule has 8 heavy (non-hydrogen) atoms. The van der Waals surface area contributed by atoms with Gasteiger partial charge in [0, 0.05) is 0 Å². The third-order valence-electron chi connectivity index (χ3n) is 0.308. The Kier molecular flexibility index (Phi) is 3.54. The van der Waals surface area contributed by atoms with Crippen LogP contribution < -0.4 is 0 Å². The van der Waals surface area contributed by atoms with E-state index >= 15 is 0 Å². The first-order valence-electron chi connectivity index (χ1n) is 2.43. The Hall–Kier alpha value is 0.917. The summed E-state index contributed by atoms with van der Waals surface area (Å²) in [6.07, 6.45) is 0. The Morgan fingerprint density at radius 3 is 1.50 bits per heavy atom. The van der Waals surface area contributed by atoms with Gasteiger partial charge < -0.3 is 0 Å². The average molecular weight is 316 g/mol. The van der Waals surface area contributed by atoms with Crippen molar-refractivity contribution < 1.29 is 21.8 Å². The molecule has 0 aromatic carbocycles. The van der Waals surface area contributed by atoms with Crippen LogP contribution in [0.3, 0.4) is 0 Å². The molecule has 56 valence electrons. The second-order valence-corrected chi connectivity index (χ2v) is 12.3. The van der Waals surface area contributed by atoms with E-state index in [2.05, 4.69) is 29.9 Å². The van der Waals surface area contributed by atoms with E-state index in [4.69, 9.17) is 2.93 Å². The zero-order valence-corrected chi connectivity index (χ0v) is 9.38. The van der Waals surface area contributed by atoms with Gasteiger partial charge in [0.05, 0.1) is 0 Å². The van der Waals surface area contributed by atoms with Crippen LogP contribution in [0.5, 0.6) is 0 Å². The van der Waals surface area contributed by atoms with E-state index in [1.807, 2.05) is 0 Å². The number of hydrogen-bond acceptors (Lipinski definition) is 1. The molecule has 0 saturated heterocycles. The monoisotopic (exact) mass is 316 g/mol. The fourth-order valence-corrected chi connectivity index (χ4v) is 9.07. The first-order valence-corrected chi connectivity index (χ1v) is 11.1. The van der Waals surface area contributed by atoms with Gasteiger partial charge in [-0.2, -0.15) is 0 Å². The van der Waals surface area contributed by atoms with E-state index in [1.54, 1.807) is 0 Å². The fourth-order valence-electron chi connectivity index (χ4n) is 0.369. The zero-order chi connectivity index (χ0) is 6.78. The summed E-state index contributed by atoms with van der Waals surface area (Å²) in [7, 11) is -1.15. The topological polar surface area (TPSA) is 9.23 Å². The first kappa shape index (κ1) is 8.92. The molecule has 0 spiro atoms.